The maximum Gasteiger partial charge on any atom is 0.419 e. The first kappa shape index (κ1) is 26.0. The predicted molar refractivity (Wildman–Crippen MR) is 131 cm³/mol. The maximum atomic E-state index is 13.5. The van der Waals surface area contributed by atoms with Gasteiger partial charge in [0.15, 0.2) is 5.76 Å². The Kier molecular flexibility index (Phi) is 6.56. The molecular formula is C29H31F4NO2. The van der Waals surface area contributed by atoms with Crippen LogP contribution in [0.4, 0.5) is 17.6 Å². The molecule has 1 aliphatic carbocycles. The SMILES string of the molecule is Cc1cc2c(cc1Cc1ccc(C(=O)NCc3ccc(F)c(C(F)(F)F)c3)o1)C(C)(C)CCC2(C)C. The zero-order valence-corrected chi connectivity index (χ0v) is 21.2. The molecule has 0 saturated heterocycles. The van der Waals surface area contributed by atoms with Gasteiger partial charge in [-0.2, -0.15) is 13.2 Å². The van der Waals surface area contributed by atoms with E-state index in [-0.39, 0.29) is 28.7 Å². The van der Waals surface area contributed by atoms with Crippen molar-refractivity contribution in [3.8, 4) is 0 Å². The summed E-state index contributed by atoms with van der Waals surface area (Å²) in [5.74, 6) is -1.21. The Labute approximate surface area is 208 Å². The van der Waals surface area contributed by atoms with Gasteiger partial charge in [0.2, 0.25) is 0 Å². The van der Waals surface area contributed by atoms with E-state index in [0.717, 1.165) is 24.5 Å². The van der Waals surface area contributed by atoms with Crippen molar-refractivity contribution in [2.24, 2.45) is 0 Å². The summed E-state index contributed by atoms with van der Waals surface area (Å²) in [7, 11) is 0. The third-order valence-electron chi connectivity index (χ3n) is 7.35. The highest BCUT2D eigenvalue weighted by Gasteiger charge is 2.37. The van der Waals surface area contributed by atoms with Crippen LogP contribution in [0.3, 0.4) is 0 Å². The van der Waals surface area contributed by atoms with Crippen molar-refractivity contribution >= 4 is 5.91 Å². The molecule has 7 heteroatoms. The molecule has 0 radical (unpaired) electrons. The van der Waals surface area contributed by atoms with Crippen LogP contribution in [-0.2, 0) is 30.0 Å². The largest absolute Gasteiger partial charge is 0.456 e. The minimum Gasteiger partial charge on any atom is -0.456 e. The number of alkyl halides is 3. The molecule has 0 fully saturated rings. The Morgan fingerprint density at radius 3 is 2.25 bits per heavy atom. The fraction of sp³-hybridized carbons (Fsp3) is 0.414. The molecule has 0 spiro atoms. The average Bonchev–Trinajstić information content (AvgIpc) is 3.25. The molecule has 0 aliphatic heterocycles. The lowest BCUT2D eigenvalue weighted by Crippen LogP contribution is -2.34. The van der Waals surface area contributed by atoms with E-state index in [1.54, 1.807) is 12.1 Å². The molecule has 3 aromatic rings. The van der Waals surface area contributed by atoms with Crippen LogP contribution in [-0.4, -0.2) is 5.91 Å². The first-order valence-corrected chi connectivity index (χ1v) is 12.0. The van der Waals surface area contributed by atoms with Gasteiger partial charge in [-0.3, -0.25) is 4.79 Å². The normalized spacial score (nSPS) is 16.5. The molecule has 2 aromatic carbocycles. The Balaban J connectivity index is 1.48. The first-order chi connectivity index (χ1) is 16.7. The highest BCUT2D eigenvalue weighted by Crippen LogP contribution is 2.46. The van der Waals surface area contributed by atoms with Gasteiger partial charge in [-0.05, 0) is 82.7 Å². The summed E-state index contributed by atoms with van der Waals surface area (Å²) >= 11 is 0. The molecule has 3 nitrogen and oxygen atoms in total. The molecule has 0 unspecified atom stereocenters. The number of amides is 1. The monoisotopic (exact) mass is 501 g/mol. The standard InChI is InChI=1S/C29H31F4NO2/c1-17-12-21-22(28(4,5)11-10-27(21,2)3)15-19(17)14-20-7-9-25(36-20)26(35)34-16-18-6-8-24(30)23(13-18)29(31,32)33/h6-9,12-13,15H,10-11,14,16H2,1-5H3,(H,34,35). The maximum absolute atomic E-state index is 13.5. The smallest absolute Gasteiger partial charge is 0.419 e. The van der Waals surface area contributed by atoms with Crippen molar-refractivity contribution in [1.29, 1.82) is 0 Å². The summed E-state index contributed by atoms with van der Waals surface area (Å²) in [5, 5.41) is 2.54. The number of hydrogen-bond acceptors (Lipinski definition) is 2. The van der Waals surface area contributed by atoms with Crippen molar-refractivity contribution in [2.75, 3.05) is 0 Å². The zero-order valence-electron chi connectivity index (χ0n) is 21.2. The molecular weight excluding hydrogens is 470 g/mol. The van der Waals surface area contributed by atoms with Crippen molar-refractivity contribution < 1.29 is 26.8 Å². The van der Waals surface area contributed by atoms with Crippen molar-refractivity contribution in [1.82, 2.24) is 5.32 Å². The van der Waals surface area contributed by atoms with E-state index >= 15 is 0 Å². The number of furan rings is 1. The van der Waals surface area contributed by atoms with Gasteiger partial charge >= 0.3 is 6.18 Å². The van der Waals surface area contributed by atoms with E-state index in [1.807, 2.05) is 0 Å². The summed E-state index contributed by atoms with van der Waals surface area (Å²) in [6.07, 6.45) is -2.04. The Morgan fingerprint density at radius 1 is 0.972 bits per heavy atom. The Morgan fingerprint density at radius 2 is 1.61 bits per heavy atom. The summed E-state index contributed by atoms with van der Waals surface area (Å²) < 4.78 is 58.1. The molecule has 1 heterocycles. The van der Waals surface area contributed by atoms with Gasteiger partial charge in [0, 0.05) is 13.0 Å². The number of fused-ring (bicyclic) bond motifs is 1. The number of aryl methyl sites for hydroxylation is 1. The Hall–Kier alpha value is -3.09. The first-order valence-electron chi connectivity index (χ1n) is 12.0. The van der Waals surface area contributed by atoms with Crippen LogP contribution in [0, 0.1) is 12.7 Å². The second-order valence-corrected chi connectivity index (χ2v) is 11.0. The van der Waals surface area contributed by atoms with Crippen LogP contribution < -0.4 is 5.32 Å². The summed E-state index contributed by atoms with van der Waals surface area (Å²) in [6, 6.07) is 10.5. The van der Waals surface area contributed by atoms with Crippen molar-refractivity contribution in [3.05, 3.63) is 93.2 Å². The van der Waals surface area contributed by atoms with Gasteiger partial charge < -0.3 is 9.73 Å². The summed E-state index contributed by atoms with van der Waals surface area (Å²) in [4.78, 5) is 12.5. The van der Waals surface area contributed by atoms with Crippen LogP contribution in [0.25, 0.3) is 0 Å². The number of halogens is 4. The van der Waals surface area contributed by atoms with E-state index in [1.165, 1.54) is 22.8 Å². The summed E-state index contributed by atoms with van der Waals surface area (Å²) in [6.45, 7) is 11.0. The van der Waals surface area contributed by atoms with Crippen LogP contribution >= 0.6 is 0 Å². The molecule has 1 N–H and O–H groups in total. The fourth-order valence-corrected chi connectivity index (χ4v) is 4.91. The zero-order chi connectivity index (χ0) is 26.5. The van der Waals surface area contributed by atoms with Crippen molar-refractivity contribution in [3.63, 3.8) is 0 Å². The second kappa shape index (κ2) is 9.09. The van der Waals surface area contributed by atoms with E-state index in [4.69, 9.17) is 4.42 Å². The van der Waals surface area contributed by atoms with Crippen LogP contribution in [0.2, 0.25) is 0 Å². The highest BCUT2D eigenvalue weighted by atomic mass is 19.4. The predicted octanol–water partition coefficient (Wildman–Crippen LogP) is 7.62. The van der Waals surface area contributed by atoms with Gasteiger partial charge in [-0.25, -0.2) is 4.39 Å². The molecule has 4 rings (SSSR count). The molecule has 0 bridgehead atoms. The number of nitrogens with one attached hydrogen (secondary N) is 1. The minimum absolute atomic E-state index is 0.0697. The van der Waals surface area contributed by atoms with E-state index in [2.05, 4.69) is 52.1 Å². The number of carbonyl (C=O) groups is 1. The number of benzene rings is 2. The number of hydrogen-bond donors (Lipinski definition) is 1. The molecule has 1 aromatic heterocycles. The molecule has 1 aliphatic rings. The quantitative estimate of drug-likeness (QED) is 0.366. The highest BCUT2D eigenvalue weighted by molar-refractivity contribution is 5.91. The van der Waals surface area contributed by atoms with Gasteiger partial charge in [0.1, 0.15) is 11.6 Å². The van der Waals surface area contributed by atoms with E-state index in [9.17, 15) is 22.4 Å². The lowest BCUT2D eigenvalue weighted by atomic mass is 9.62. The van der Waals surface area contributed by atoms with E-state index in [0.29, 0.717) is 18.2 Å². The van der Waals surface area contributed by atoms with Crippen LogP contribution in [0.1, 0.15) is 90.2 Å². The minimum atomic E-state index is -4.81. The molecule has 0 saturated carbocycles. The fourth-order valence-electron chi connectivity index (χ4n) is 4.91. The Bertz CT molecular complexity index is 1300. The molecule has 36 heavy (non-hydrogen) atoms. The summed E-state index contributed by atoms with van der Waals surface area (Å²) in [5.41, 5.74) is 4.00. The second-order valence-electron chi connectivity index (χ2n) is 11.0. The van der Waals surface area contributed by atoms with Crippen LogP contribution in [0.15, 0.2) is 46.9 Å². The van der Waals surface area contributed by atoms with Gasteiger partial charge in [0.05, 0.1) is 5.56 Å². The van der Waals surface area contributed by atoms with Gasteiger partial charge in [0.25, 0.3) is 5.91 Å². The third kappa shape index (κ3) is 5.20. The number of rotatable bonds is 5. The molecule has 192 valence electrons. The van der Waals surface area contributed by atoms with Crippen molar-refractivity contribution in [2.45, 2.75) is 77.4 Å². The van der Waals surface area contributed by atoms with Gasteiger partial charge in [-0.15, -0.1) is 0 Å². The topological polar surface area (TPSA) is 42.2 Å². The van der Waals surface area contributed by atoms with E-state index < -0.39 is 23.5 Å². The van der Waals surface area contributed by atoms with Crippen LogP contribution in [0.5, 0.6) is 0 Å². The lowest BCUT2D eigenvalue weighted by molar-refractivity contribution is -0.140. The molecule has 1 amide bonds. The average molecular weight is 502 g/mol. The van der Waals surface area contributed by atoms with Gasteiger partial charge in [-0.1, -0.05) is 45.9 Å². The lowest BCUT2D eigenvalue weighted by Gasteiger charge is -2.42. The third-order valence-corrected chi connectivity index (χ3v) is 7.35. The molecule has 0 atom stereocenters. The number of carbonyl (C=O) groups excluding carboxylic acids is 1.